The lowest BCUT2D eigenvalue weighted by Gasteiger charge is -2.13. The topological polar surface area (TPSA) is 84.5 Å². The Labute approximate surface area is 111 Å². The van der Waals surface area contributed by atoms with Gasteiger partial charge in [0.05, 0.1) is 6.10 Å². The van der Waals surface area contributed by atoms with Crippen molar-refractivity contribution in [3.8, 4) is 0 Å². The summed E-state index contributed by atoms with van der Waals surface area (Å²) in [5, 5.41) is 0.804. The molecule has 0 bridgehead atoms. The van der Waals surface area contributed by atoms with Gasteiger partial charge in [0.2, 0.25) is 0 Å². The van der Waals surface area contributed by atoms with E-state index in [-0.39, 0.29) is 18.6 Å². The van der Waals surface area contributed by atoms with Gasteiger partial charge < -0.3 is 4.74 Å². The molecule has 0 saturated carbocycles. The summed E-state index contributed by atoms with van der Waals surface area (Å²) in [4.78, 5) is 11.1. The van der Waals surface area contributed by atoms with Crippen molar-refractivity contribution in [2.24, 2.45) is 5.92 Å². The first-order valence-corrected chi connectivity index (χ1v) is 7.91. The van der Waals surface area contributed by atoms with E-state index < -0.39 is 16.3 Å². The molecule has 0 aromatic carbocycles. The minimum absolute atomic E-state index is 0.187. The normalized spacial score (nSPS) is 13.5. The van der Waals surface area contributed by atoms with E-state index in [1.54, 1.807) is 18.6 Å². The van der Waals surface area contributed by atoms with Crippen LogP contribution in [-0.2, 0) is 14.9 Å². The predicted octanol–water partition coefficient (Wildman–Crippen LogP) is 1.38. The van der Waals surface area contributed by atoms with Gasteiger partial charge in [-0.3, -0.25) is 0 Å². The van der Waals surface area contributed by atoms with Crippen molar-refractivity contribution in [3.63, 3.8) is 0 Å². The van der Waals surface area contributed by atoms with Gasteiger partial charge in [-0.1, -0.05) is 22.9 Å². The van der Waals surface area contributed by atoms with Crippen LogP contribution in [0.3, 0.4) is 0 Å². The number of nitrogens with one attached hydrogen (secondary N) is 2. The summed E-state index contributed by atoms with van der Waals surface area (Å²) in [5.74, 6) is 0.187. The van der Waals surface area contributed by atoms with Gasteiger partial charge in [0.15, 0.2) is 0 Å². The molecule has 0 aliphatic rings. The molecule has 0 radical (unpaired) electrons. The third-order valence-corrected chi connectivity index (χ3v) is 3.22. The second-order valence-corrected chi connectivity index (χ2v) is 6.28. The maximum atomic E-state index is 11.4. The van der Waals surface area contributed by atoms with E-state index in [9.17, 15) is 13.2 Å². The van der Waals surface area contributed by atoms with E-state index in [0.29, 0.717) is 0 Å². The van der Waals surface area contributed by atoms with Gasteiger partial charge in [-0.2, -0.15) is 13.1 Å². The number of hydrogen-bond donors (Lipinski definition) is 2. The maximum absolute atomic E-state index is 11.4. The Kier molecular flexibility index (Phi) is 7.73. The Hall–Kier alpha value is -0.340. The first-order chi connectivity index (χ1) is 7.76. The van der Waals surface area contributed by atoms with E-state index in [1.807, 2.05) is 6.92 Å². The molecule has 0 fully saturated rings. The SMILES string of the molecule is CC(CCBr)CNS(=O)(=O)NC(=O)OC(C)C. The van der Waals surface area contributed by atoms with Crippen molar-refractivity contribution in [2.45, 2.75) is 33.3 Å². The van der Waals surface area contributed by atoms with Crippen LogP contribution >= 0.6 is 15.9 Å². The number of carbonyl (C=O) groups is 1. The first kappa shape index (κ1) is 16.7. The summed E-state index contributed by atoms with van der Waals surface area (Å²) in [6, 6.07) is 0. The van der Waals surface area contributed by atoms with Crippen LogP contribution in [0.5, 0.6) is 0 Å². The van der Waals surface area contributed by atoms with E-state index in [4.69, 9.17) is 0 Å². The predicted molar refractivity (Wildman–Crippen MR) is 69.3 cm³/mol. The van der Waals surface area contributed by atoms with Crippen LogP contribution in [0.4, 0.5) is 4.79 Å². The molecule has 0 heterocycles. The average molecular weight is 331 g/mol. The second kappa shape index (κ2) is 7.88. The van der Waals surface area contributed by atoms with Crippen molar-refractivity contribution < 1.29 is 17.9 Å². The molecule has 1 unspecified atom stereocenters. The zero-order valence-corrected chi connectivity index (χ0v) is 12.6. The Morgan fingerprint density at radius 1 is 1.35 bits per heavy atom. The Morgan fingerprint density at radius 3 is 2.41 bits per heavy atom. The molecule has 17 heavy (non-hydrogen) atoms. The Bertz CT molecular complexity index is 332. The molecular weight excluding hydrogens is 312 g/mol. The van der Waals surface area contributed by atoms with Gasteiger partial charge in [-0.25, -0.2) is 9.52 Å². The number of amides is 1. The number of rotatable bonds is 7. The smallest absolute Gasteiger partial charge is 0.422 e. The number of hydrogen-bond acceptors (Lipinski definition) is 4. The standard InChI is InChI=1S/C9H19BrN2O4S/c1-7(2)16-9(13)12-17(14,15)11-6-8(3)4-5-10/h7-8,11H,4-6H2,1-3H3,(H,12,13). The maximum Gasteiger partial charge on any atom is 0.422 e. The minimum atomic E-state index is -3.83. The highest BCUT2D eigenvalue weighted by Gasteiger charge is 2.16. The molecular formula is C9H19BrN2O4S. The molecule has 0 rings (SSSR count). The lowest BCUT2D eigenvalue weighted by molar-refractivity contribution is 0.121. The molecule has 0 saturated heterocycles. The van der Waals surface area contributed by atoms with Crippen molar-refractivity contribution in [1.29, 1.82) is 0 Å². The molecule has 1 amide bonds. The van der Waals surface area contributed by atoms with Crippen LogP contribution in [-0.4, -0.2) is 32.5 Å². The van der Waals surface area contributed by atoms with Crippen LogP contribution < -0.4 is 9.44 Å². The van der Waals surface area contributed by atoms with E-state index in [0.717, 1.165) is 11.8 Å². The van der Waals surface area contributed by atoms with Crippen molar-refractivity contribution in [2.75, 3.05) is 11.9 Å². The summed E-state index contributed by atoms with van der Waals surface area (Å²) in [5.41, 5.74) is 0. The van der Waals surface area contributed by atoms with Crippen molar-refractivity contribution >= 4 is 32.2 Å². The molecule has 0 aromatic heterocycles. The van der Waals surface area contributed by atoms with Gasteiger partial charge >= 0.3 is 16.3 Å². The molecule has 0 aromatic rings. The molecule has 0 spiro atoms. The highest BCUT2D eigenvalue weighted by atomic mass is 79.9. The highest BCUT2D eigenvalue weighted by molar-refractivity contribution is 9.09. The van der Waals surface area contributed by atoms with E-state index in [2.05, 4.69) is 25.4 Å². The van der Waals surface area contributed by atoms with Gasteiger partial charge in [0.25, 0.3) is 0 Å². The fraction of sp³-hybridized carbons (Fsp3) is 0.889. The fourth-order valence-electron chi connectivity index (χ4n) is 0.924. The molecule has 1 atom stereocenters. The first-order valence-electron chi connectivity index (χ1n) is 5.30. The summed E-state index contributed by atoms with van der Waals surface area (Å²) >= 11 is 3.27. The van der Waals surface area contributed by atoms with Gasteiger partial charge in [-0.05, 0) is 26.2 Å². The molecule has 8 heteroatoms. The molecule has 6 nitrogen and oxygen atoms in total. The van der Waals surface area contributed by atoms with Crippen LogP contribution in [0, 0.1) is 5.92 Å². The summed E-state index contributed by atoms with van der Waals surface area (Å²) in [7, 11) is -3.83. The quantitative estimate of drug-likeness (QED) is 0.690. The van der Waals surface area contributed by atoms with Crippen LogP contribution in [0.25, 0.3) is 0 Å². The minimum Gasteiger partial charge on any atom is -0.446 e. The average Bonchev–Trinajstić information content (AvgIpc) is 2.13. The number of carbonyl (C=O) groups excluding carboxylic acids is 1. The fourth-order valence-corrected chi connectivity index (χ4v) is 2.55. The third-order valence-electron chi connectivity index (χ3n) is 1.78. The number of alkyl halides is 1. The van der Waals surface area contributed by atoms with E-state index >= 15 is 0 Å². The second-order valence-electron chi connectivity index (χ2n) is 3.99. The van der Waals surface area contributed by atoms with Crippen LogP contribution in [0.2, 0.25) is 0 Å². The highest BCUT2D eigenvalue weighted by Crippen LogP contribution is 2.02. The Morgan fingerprint density at radius 2 is 1.94 bits per heavy atom. The summed E-state index contributed by atoms with van der Waals surface area (Å²) in [6.07, 6.45) is -0.489. The molecule has 2 N–H and O–H groups in total. The summed E-state index contributed by atoms with van der Waals surface area (Å²) < 4.78 is 31.5. The molecule has 102 valence electrons. The zero-order valence-electron chi connectivity index (χ0n) is 10.2. The van der Waals surface area contributed by atoms with Crippen molar-refractivity contribution in [3.05, 3.63) is 0 Å². The van der Waals surface area contributed by atoms with Crippen LogP contribution in [0.1, 0.15) is 27.2 Å². The van der Waals surface area contributed by atoms with Crippen molar-refractivity contribution in [1.82, 2.24) is 9.44 Å². The lowest BCUT2D eigenvalue weighted by Crippen LogP contribution is -2.42. The largest absolute Gasteiger partial charge is 0.446 e. The third kappa shape index (κ3) is 9.37. The number of halogens is 1. The Balaban J connectivity index is 4.08. The van der Waals surface area contributed by atoms with Crippen LogP contribution in [0.15, 0.2) is 0 Å². The van der Waals surface area contributed by atoms with Gasteiger partial charge in [0, 0.05) is 11.9 Å². The van der Waals surface area contributed by atoms with Gasteiger partial charge in [-0.15, -0.1) is 0 Å². The monoisotopic (exact) mass is 330 g/mol. The lowest BCUT2D eigenvalue weighted by atomic mass is 10.1. The zero-order chi connectivity index (χ0) is 13.5. The summed E-state index contributed by atoms with van der Waals surface area (Å²) in [6.45, 7) is 5.46. The molecule has 0 aliphatic heterocycles. The number of ether oxygens (including phenoxy) is 1. The van der Waals surface area contributed by atoms with Gasteiger partial charge in [0.1, 0.15) is 0 Å². The molecule has 0 aliphatic carbocycles. The van der Waals surface area contributed by atoms with E-state index in [1.165, 1.54) is 0 Å².